The lowest BCUT2D eigenvalue weighted by molar-refractivity contribution is 0.368. The number of hydrogen-bond acceptors (Lipinski definition) is 3. The second-order valence-electron chi connectivity index (χ2n) is 4.99. The summed E-state index contributed by atoms with van der Waals surface area (Å²) in [5.41, 5.74) is 1.04. The minimum absolute atomic E-state index is 0.0896. The largest absolute Gasteiger partial charge is 0.479 e. The molecule has 1 aromatic rings. The molecular formula is C15H22N2O. The van der Waals surface area contributed by atoms with Crippen molar-refractivity contribution in [2.45, 2.75) is 39.7 Å². The second-order valence-corrected chi connectivity index (χ2v) is 4.99. The molecule has 0 aliphatic carbocycles. The van der Waals surface area contributed by atoms with Gasteiger partial charge in [-0.1, -0.05) is 19.9 Å². The summed E-state index contributed by atoms with van der Waals surface area (Å²) in [5.74, 6) is 1.47. The van der Waals surface area contributed by atoms with Gasteiger partial charge in [-0.2, -0.15) is 5.26 Å². The molecule has 1 aromatic carbocycles. The number of nitrogens with zero attached hydrogens (tertiary/aromatic N) is 1. The summed E-state index contributed by atoms with van der Waals surface area (Å²) < 4.78 is 5.27. The van der Waals surface area contributed by atoms with E-state index in [9.17, 15) is 0 Å². The zero-order valence-electron chi connectivity index (χ0n) is 11.4. The molecule has 0 saturated heterocycles. The van der Waals surface area contributed by atoms with Gasteiger partial charge in [0, 0.05) is 17.8 Å². The summed E-state index contributed by atoms with van der Waals surface area (Å²) in [4.78, 5) is 0. The smallest absolute Gasteiger partial charge is 0.174 e. The van der Waals surface area contributed by atoms with E-state index < -0.39 is 0 Å². The molecule has 0 radical (unpaired) electrons. The van der Waals surface area contributed by atoms with Crippen LogP contribution in [0.3, 0.4) is 0 Å². The van der Waals surface area contributed by atoms with Gasteiger partial charge in [-0.15, -0.1) is 0 Å². The first-order chi connectivity index (χ1) is 8.61. The number of ether oxygens (including phenoxy) is 1. The summed E-state index contributed by atoms with van der Waals surface area (Å²) in [5, 5.41) is 11.9. The highest BCUT2D eigenvalue weighted by atomic mass is 16.5. The van der Waals surface area contributed by atoms with Crippen molar-refractivity contribution < 1.29 is 4.74 Å². The average molecular weight is 246 g/mol. The molecule has 0 fully saturated rings. The van der Waals surface area contributed by atoms with Crippen molar-refractivity contribution in [1.29, 1.82) is 5.26 Å². The van der Waals surface area contributed by atoms with E-state index in [1.54, 1.807) is 0 Å². The lowest BCUT2D eigenvalue weighted by Crippen LogP contribution is -2.15. The first-order valence-corrected chi connectivity index (χ1v) is 6.48. The molecule has 0 spiro atoms. The van der Waals surface area contributed by atoms with E-state index in [1.807, 2.05) is 30.3 Å². The molecule has 0 aliphatic rings. The maximum Gasteiger partial charge on any atom is 0.174 e. The van der Waals surface area contributed by atoms with Crippen molar-refractivity contribution in [2.24, 2.45) is 5.92 Å². The summed E-state index contributed by atoms with van der Waals surface area (Å²) in [7, 11) is 0. The minimum atomic E-state index is 0.0896. The Labute approximate surface area is 110 Å². The van der Waals surface area contributed by atoms with Gasteiger partial charge < -0.3 is 10.1 Å². The zero-order chi connectivity index (χ0) is 13.4. The molecule has 3 heteroatoms. The fraction of sp³-hybridized carbons (Fsp3) is 0.533. The van der Waals surface area contributed by atoms with Gasteiger partial charge in [0.25, 0.3) is 0 Å². The standard InChI is InChI=1S/C15H22N2O/c1-12(2)7-8-13(3)17-14-5-4-6-15(11-14)18-10-9-16/h4-6,11-13,17H,7-8,10H2,1-3H3. The molecule has 0 amide bonds. The van der Waals surface area contributed by atoms with Crippen LogP contribution in [0.5, 0.6) is 5.75 Å². The minimum Gasteiger partial charge on any atom is -0.479 e. The van der Waals surface area contributed by atoms with Crippen LogP contribution in [-0.4, -0.2) is 12.6 Å². The number of nitriles is 1. The Kier molecular flexibility index (Phi) is 6.07. The van der Waals surface area contributed by atoms with Crippen molar-refractivity contribution in [2.75, 3.05) is 11.9 Å². The molecule has 0 aromatic heterocycles. The van der Waals surface area contributed by atoms with E-state index in [4.69, 9.17) is 10.00 Å². The van der Waals surface area contributed by atoms with Gasteiger partial charge in [-0.25, -0.2) is 0 Å². The molecule has 1 atom stereocenters. The van der Waals surface area contributed by atoms with Crippen molar-refractivity contribution in [3.63, 3.8) is 0 Å². The molecule has 0 bridgehead atoms. The highest BCUT2D eigenvalue weighted by molar-refractivity contribution is 5.48. The second kappa shape index (κ2) is 7.60. The fourth-order valence-corrected chi connectivity index (χ4v) is 1.73. The van der Waals surface area contributed by atoms with Gasteiger partial charge in [-0.05, 0) is 37.8 Å². The molecule has 1 N–H and O–H groups in total. The van der Waals surface area contributed by atoms with Crippen LogP contribution in [0.2, 0.25) is 0 Å². The maximum atomic E-state index is 8.47. The third kappa shape index (κ3) is 5.58. The van der Waals surface area contributed by atoms with Crippen molar-refractivity contribution in [3.05, 3.63) is 24.3 Å². The Bertz CT molecular complexity index is 396. The van der Waals surface area contributed by atoms with Crippen LogP contribution < -0.4 is 10.1 Å². The number of rotatable bonds is 7. The first-order valence-electron chi connectivity index (χ1n) is 6.48. The van der Waals surface area contributed by atoms with Gasteiger partial charge in [0.2, 0.25) is 0 Å². The maximum absolute atomic E-state index is 8.47. The predicted octanol–water partition coefficient (Wildman–Crippen LogP) is 3.83. The van der Waals surface area contributed by atoms with Crippen molar-refractivity contribution in [3.8, 4) is 11.8 Å². The van der Waals surface area contributed by atoms with Crippen LogP contribution in [0.4, 0.5) is 5.69 Å². The van der Waals surface area contributed by atoms with Crippen LogP contribution in [0.15, 0.2) is 24.3 Å². The Morgan fingerprint density at radius 1 is 1.28 bits per heavy atom. The summed E-state index contributed by atoms with van der Waals surface area (Å²) >= 11 is 0. The summed E-state index contributed by atoms with van der Waals surface area (Å²) in [6, 6.07) is 10.2. The SMILES string of the molecule is CC(C)CCC(C)Nc1cccc(OCC#N)c1. The fourth-order valence-electron chi connectivity index (χ4n) is 1.73. The third-order valence-electron chi connectivity index (χ3n) is 2.73. The molecular weight excluding hydrogens is 224 g/mol. The van der Waals surface area contributed by atoms with E-state index in [-0.39, 0.29) is 6.61 Å². The molecule has 98 valence electrons. The Balaban J connectivity index is 2.48. The third-order valence-corrected chi connectivity index (χ3v) is 2.73. The van der Waals surface area contributed by atoms with Crippen LogP contribution in [0, 0.1) is 17.2 Å². The van der Waals surface area contributed by atoms with E-state index >= 15 is 0 Å². The Hall–Kier alpha value is -1.69. The molecule has 18 heavy (non-hydrogen) atoms. The lowest BCUT2D eigenvalue weighted by atomic mass is 10.0. The molecule has 0 heterocycles. The van der Waals surface area contributed by atoms with Crippen LogP contribution >= 0.6 is 0 Å². The van der Waals surface area contributed by atoms with Gasteiger partial charge >= 0.3 is 0 Å². The van der Waals surface area contributed by atoms with Crippen LogP contribution in [0.1, 0.15) is 33.6 Å². The topological polar surface area (TPSA) is 45.0 Å². The first kappa shape index (κ1) is 14.4. The number of benzene rings is 1. The highest BCUT2D eigenvalue weighted by Gasteiger charge is 2.04. The van der Waals surface area contributed by atoms with E-state index in [0.29, 0.717) is 6.04 Å². The molecule has 1 unspecified atom stereocenters. The molecule has 1 rings (SSSR count). The summed E-state index contributed by atoms with van der Waals surface area (Å²) in [6.45, 7) is 6.75. The predicted molar refractivity (Wildman–Crippen MR) is 74.7 cm³/mol. The van der Waals surface area contributed by atoms with E-state index in [2.05, 4.69) is 26.1 Å². The van der Waals surface area contributed by atoms with Crippen LogP contribution in [-0.2, 0) is 0 Å². The Morgan fingerprint density at radius 3 is 2.72 bits per heavy atom. The highest BCUT2D eigenvalue weighted by Crippen LogP contribution is 2.19. The van der Waals surface area contributed by atoms with Crippen molar-refractivity contribution >= 4 is 5.69 Å². The molecule has 0 aliphatic heterocycles. The van der Waals surface area contributed by atoms with E-state index in [0.717, 1.165) is 23.8 Å². The number of nitrogens with one attached hydrogen (secondary N) is 1. The van der Waals surface area contributed by atoms with E-state index in [1.165, 1.54) is 6.42 Å². The zero-order valence-corrected chi connectivity index (χ0v) is 11.4. The summed E-state index contributed by atoms with van der Waals surface area (Å²) in [6.07, 6.45) is 2.37. The monoisotopic (exact) mass is 246 g/mol. The van der Waals surface area contributed by atoms with Gasteiger partial charge in [-0.3, -0.25) is 0 Å². The number of anilines is 1. The molecule has 0 saturated carbocycles. The lowest BCUT2D eigenvalue weighted by Gasteiger charge is -2.16. The quantitative estimate of drug-likeness (QED) is 0.795. The number of hydrogen-bond donors (Lipinski definition) is 1. The van der Waals surface area contributed by atoms with Crippen molar-refractivity contribution in [1.82, 2.24) is 0 Å². The molecule has 3 nitrogen and oxygen atoms in total. The normalized spacial score (nSPS) is 11.9. The average Bonchev–Trinajstić information content (AvgIpc) is 2.34. The van der Waals surface area contributed by atoms with Gasteiger partial charge in [0.15, 0.2) is 6.61 Å². The van der Waals surface area contributed by atoms with Gasteiger partial charge in [0.05, 0.1) is 0 Å². The van der Waals surface area contributed by atoms with Crippen LogP contribution in [0.25, 0.3) is 0 Å². The Morgan fingerprint density at radius 2 is 2.06 bits per heavy atom. The van der Waals surface area contributed by atoms with Gasteiger partial charge in [0.1, 0.15) is 11.8 Å².